The van der Waals surface area contributed by atoms with Crippen molar-refractivity contribution in [3.8, 4) is 5.88 Å². The Bertz CT molecular complexity index is 592. The maximum Gasteiger partial charge on any atom is 0.257 e. The molecule has 2 aromatic heterocycles. The van der Waals surface area contributed by atoms with Gasteiger partial charge in [0.2, 0.25) is 5.88 Å². The molecule has 1 atom stereocenters. The molecule has 5 heteroatoms. The van der Waals surface area contributed by atoms with E-state index < -0.39 is 0 Å². The minimum atomic E-state index is -0.233. The quantitative estimate of drug-likeness (QED) is 0.910. The summed E-state index contributed by atoms with van der Waals surface area (Å²) < 4.78 is 10.9. The molecule has 2 heterocycles. The number of carbonyl (C=O) groups is 1. The minimum absolute atomic E-state index is 0.217. The zero-order chi connectivity index (χ0) is 14.5. The Hall–Kier alpha value is -2.30. The predicted octanol–water partition coefficient (Wildman–Crippen LogP) is 2.87. The lowest BCUT2D eigenvalue weighted by molar-refractivity contribution is 0.0930. The fourth-order valence-electron chi connectivity index (χ4n) is 1.85. The Morgan fingerprint density at radius 1 is 1.45 bits per heavy atom. The standard InChI is InChI=1S/C15H18N2O3/c1-4-19-15-12(6-5-9-16-15)14(18)17-11(3)13-8-7-10(2)20-13/h5-9,11H,4H2,1-3H3,(H,17,18). The first kappa shape index (κ1) is 14.1. The van der Waals surface area contributed by atoms with Crippen LogP contribution in [0.25, 0.3) is 0 Å². The van der Waals surface area contributed by atoms with Crippen LogP contribution in [0, 0.1) is 6.92 Å². The summed E-state index contributed by atoms with van der Waals surface area (Å²) in [7, 11) is 0. The van der Waals surface area contributed by atoms with Gasteiger partial charge >= 0.3 is 0 Å². The molecular weight excluding hydrogens is 256 g/mol. The Balaban J connectivity index is 2.12. The molecule has 0 bridgehead atoms. The number of nitrogens with zero attached hydrogens (tertiary/aromatic N) is 1. The van der Waals surface area contributed by atoms with Crippen molar-refractivity contribution in [3.63, 3.8) is 0 Å². The molecule has 2 rings (SSSR count). The molecule has 0 spiro atoms. The van der Waals surface area contributed by atoms with Gasteiger partial charge in [0, 0.05) is 6.20 Å². The summed E-state index contributed by atoms with van der Waals surface area (Å²) in [5.41, 5.74) is 0.421. The third kappa shape index (κ3) is 3.17. The largest absolute Gasteiger partial charge is 0.477 e. The van der Waals surface area contributed by atoms with E-state index in [9.17, 15) is 4.79 Å². The summed E-state index contributed by atoms with van der Waals surface area (Å²) in [5, 5.41) is 2.87. The topological polar surface area (TPSA) is 64.4 Å². The summed E-state index contributed by atoms with van der Waals surface area (Å²) in [6.07, 6.45) is 1.60. The lowest BCUT2D eigenvalue weighted by Gasteiger charge is -2.13. The molecule has 0 aliphatic rings. The Kier molecular flexibility index (Phi) is 4.40. The van der Waals surface area contributed by atoms with Crippen LogP contribution in [0.15, 0.2) is 34.9 Å². The van der Waals surface area contributed by atoms with Gasteiger partial charge in [-0.25, -0.2) is 4.98 Å². The first-order valence-corrected chi connectivity index (χ1v) is 6.56. The van der Waals surface area contributed by atoms with Crippen LogP contribution in [0.3, 0.4) is 0 Å². The molecule has 20 heavy (non-hydrogen) atoms. The highest BCUT2D eigenvalue weighted by atomic mass is 16.5. The average molecular weight is 274 g/mol. The van der Waals surface area contributed by atoms with Gasteiger partial charge in [-0.3, -0.25) is 4.79 Å². The highest BCUT2D eigenvalue weighted by Crippen LogP contribution is 2.19. The smallest absolute Gasteiger partial charge is 0.257 e. The first-order chi connectivity index (χ1) is 9.61. The molecular formula is C15H18N2O3. The number of aromatic nitrogens is 1. The number of furan rings is 1. The molecule has 106 valence electrons. The number of hydrogen-bond acceptors (Lipinski definition) is 4. The van der Waals surface area contributed by atoms with Crippen molar-refractivity contribution >= 4 is 5.91 Å². The number of hydrogen-bond donors (Lipinski definition) is 1. The lowest BCUT2D eigenvalue weighted by atomic mass is 10.2. The minimum Gasteiger partial charge on any atom is -0.477 e. The van der Waals surface area contributed by atoms with Gasteiger partial charge in [0.15, 0.2) is 0 Å². The Morgan fingerprint density at radius 3 is 2.90 bits per heavy atom. The third-order valence-corrected chi connectivity index (χ3v) is 2.83. The van der Waals surface area contributed by atoms with Crippen molar-refractivity contribution in [2.45, 2.75) is 26.8 Å². The molecule has 0 saturated carbocycles. The van der Waals surface area contributed by atoms with Gasteiger partial charge in [0.25, 0.3) is 5.91 Å². The van der Waals surface area contributed by atoms with Gasteiger partial charge in [-0.1, -0.05) is 0 Å². The number of nitrogens with one attached hydrogen (secondary N) is 1. The Labute approximate surface area is 118 Å². The zero-order valence-corrected chi connectivity index (χ0v) is 11.8. The molecule has 5 nitrogen and oxygen atoms in total. The SMILES string of the molecule is CCOc1ncccc1C(=O)NC(C)c1ccc(C)o1. The van der Waals surface area contributed by atoms with Crippen LogP contribution >= 0.6 is 0 Å². The fourth-order valence-corrected chi connectivity index (χ4v) is 1.85. The molecule has 1 N–H and O–H groups in total. The molecule has 0 aliphatic carbocycles. The van der Waals surface area contributed by atoms with Crippen LogP contribution in [-0.4, -0.2) is 17.5 Å². The van der Waals surface area contributed by atoms with E-state index in [0.717, 1.165) is 11.5 Å². The van der Waals surface area contributed by atoms with E-state index in [2.05, 4.69) is 10.3 Å². The number of amides is 1. The average Bonchev–Trinajstić information content (AvgIpc) is 2.86. The van der Waals surface area contributed by atoms with Gasteiger partial charge in [0.1, 0.15) is 17.1 Å². The summed E-state index contributed by atoms with van der Waals surface area (Å²) in [6, 6.07) is 6.90. The van der Waals surface area contributed by atoms with E-state index in [-0.39, 0.29) is 11.9 Å². The summed E-state index contributed by atoms with van der Waals surface area (Å²) in [5.74, 6) is 1.65. The van der Waals surface area contributed by atoms with Crippen molar-refractivity contribution in [1.29, 1.82) is 0 Å². The zero-order valence-electron chi connectivity index (χ0n) is 11.8. The van der Waals surface area contributed by atoms with E-state index >= 15 is 0 Å². The second-order valence-electron chi connectivity index (χ2n) is 4.43. The number of aryl methyl sites for hydroxylation is 1. The second kappa shape index (κ2) is 6.23. The summed E-state index contributed by atoms with van der Waals surface area (Å²) >= 11 is 0. The van der Waals surface area contributed by atoms with Crippen LogP contribution < -0.4 is 10.1 Å². The maximum absolute atomic E-state index is 12.3. The molecule has 1 amide bonds. The number of carbonyl (C=O) groups excluding carboxylic acids is 1. The van der Waals surface area contributed by atoms with Crippen LogP contribution in [0.1, 0.15) is 41.8 Å². The van der Waals surface area contributed by atoms with E-state index in [0.29, 0.717) is 18.1 Å². The lowest BCUT2D eigenvalue weighted by Crippen LogP contribution is -2.27. The van der Waals surface area contributed by atoms with Crippen LogP contribution in [0.2, 0.25) is 0 Å². The first-order valence-electron chi connectivity index (χ1n) is 6.56. The molecule has 0 saturated heterocycles. The van der Waals surface area contributed by atoms with Crippen LogP contribution in [0.5, 0.6) is 5.88 Å². The molecule has 0 radical (unpaired) electrons. The number of ether oxygens (including phenoxy) is 1. The van der Waals surface area contributed by atoms with Crippen LogP contribution in [0.4, 0.5) is 0 Å². The van der Waals surface area contributed by atoms with Gasteiger partial charge < -0.3 is 14.5 Å². The maximum atomic E-state index is 12.3. The third-order valence-electron chi connectivity index (χ3n) is 2.83. The van der Waals surface area contributed by atoms with Crippen molar-refractivity contribution in [2.24, 2.45) is 0 Å². The monoisotopic (exact) mass is 274 g/mol. The molecule has 2 aromatic rings. The van der Waals surface area contributed by atoms with Crippen LogP contribution in [-0.2, 0) is 0 Å². The summed E-state index contributed by atoms with van der Waals surface area (Å²) in [4.78, 5) is 16.3. The fraction of sp³-hybridized carbons (Fsp3) is 0.333. The predicted molar refractivity (Wildman–Crippen MR) is 74.7 cm³/mol. The second-order valence-corrected chi connectivity index (χ2v) is 4.43. The highest BCUT2D eigenvalue weighted by Gasteiger charge is 2.17. The van der Waals surface area contributed by atoms with Gasteiger partial charge in [-0.05, 0) is 45.0 Å². The van der Waals surface area contributed by atoms with E-state index in [1.807, 2.05) is 32.9 Å². The van der Waals surface area contributed by atoms with Gasteiger partial charge in [0.05, 0.1) is 12.6 Å². The number of pyridine rings is 1. The molecule has 1 unspecified atom stereocenters. The normalized spacial score (nSPS) is 11.9. The molecule has 0 fully saturated rings. The van der Waals surface area contributed by atoms with Crippen molar-refractivity contribution in [3.05, 3.63) is 47.5 Å². The van der Waals surface area contributed by atoms with E-state index in [1.165, 1.54) is 0 Å². The van der Waals surface area contributed by atoms with E-state index in [4.69, 9.17) is 9.15 Å². The van der Waals surface area contributed by atoms with Gasteiger partial charge in [-0.2, -0.15) is 0 Å². The van der Waals surface area contributed by atoms with Gasteiger partial charge in [-0.15, -0.1) is 0 Å². The Morgan fingerprint density at radius 2 is 2.25 bits per heavy atom. The molecule has 0 aliphatic heterocycles. The van der Waals surface area contributed by atoms with Crippen molar-refractivity contribution < 1.29 is 13.9 Å². The number of rotatable bonds is 5. The van der Waals surface area contributed by atoms with E-state index in [1.54, 1.807) is 18.3 Å². The van der Waals surface area contributed by atoms with Crippen molar-refractivity contribution in [2.75, 3.05) is 6.61 Å². The van der Waals surface area contributed by atoms with Crippen molar-refractivity contribution in [1.82, 2.24) is 10.3 Å². The molecule has 0 aromatic carbocycles. The highest BCUT2D eigenvalue weighted by molar-refractivity contribution is 5.96. The summed E-state index contributed by atoms with van der Waals surface area (Å²) in [6.45, 7) is 6.05.